The summed E-state index contributed by atoms with van der Waals surface area (Å²) in [6, 6.07) is 7.96. The van der Waals surface area contributed by atoms with Crippen molar-refractivity contribution in [1.29, 1.82) is 0 Å². The molecular formula is C16H25ClN2O2. The van der Waals surface area contributed by atoms with Crippen molar-refractivity contribution in [3.05, 3.63) is 29.8 Å². The molecular weight excluding hydrogens is 288 g/mol. The van der Waals surface area contributed by atoms with Gasteiger partial charge in [0, 0.05) is 20.1 Å². The number of hydrogen-bond donors (Lipinski definition) is 1. The first kappa shape index (κ1) is 17.8. The van der Waals surface area contributed by atoms with Crippen molar-refractivity contribution in [2.24, 2.45) is 5.92 Å². The first-order chi connectivity index (χ1) is 9.70. The molecule has 1 atom stereocenters. The Morgan fingerprint density at radius 3 is 2.67 bits per heavy atom. The Morgan fingerprint density at radius 1 is 1.38 bits per heavy atom. The molecule has 1 amide bonds. The fourth-order valence-electron chi connectivity index (χ4n) is 2.58. The van der Waals surface area contributed by atoms with Gasteiger partial charge in [0.25, 0.3) is 0 Å². The summed E-state index contributed by atoms with van der Waals surface area (Å²) in [4.78, 5) is 14.2. The van der Waals surface area contributed by atoms with Crippen molar-refractivity contribution in [2.75, 3.05) is 26.7 Å². The van der Waals surface area contributed by atoms with E-state index in [9.17, 15) is 4.79 Å². The van der Waals surface area contributed by atoms with Crippen molar-refractivity contribution in [3.63, 3.8) is 0 Å². The number of piperidine rings is 1. The molecule has 1 saturated heterocycles. The lowest BCUT2D eigenvalue weighted by atomic mass is 9.98. The number of benzene rings is 1. The summed E-state index contributed by atoms with van der Waals surface area (Å²) in [5.41, 5.74) is 1.13. The number of ether oxygens (including phenoxy) is 1. The SMILES string of the molecule is CCOc1ccc(CN(C)C(=O)[C@@H]2CCCNC2)cc1.Cl. The Balaban J connectivity index is 0.00000220. The van der Waals surface area contributed by atoms with Crippen molar-refractivity contribution in [3.8, 4) is 5.75 Å². The molecule has 1 heterocycles. The zero-order valence-electron chi connectivity index (χ0n) is 12.8. The minimum atomic E-state index is 0. The Kier molecular flexibility index (Phi) is 7.54. The van der Waals surface area contributed by atoms with E-state index in [0.717, 1.165) is 37.2 Å². The summed E-state index contributed by atoms with van der Waals surface area (Å²) in [5, 5.41) is 3.29. The zero-order chi connectivity index (χ0) is 14.4. The second-order valence-electron chi connectivity index (χ2n) is 5.31. The highest BCUT2D eigenvalue weighted by atomic mass is 35.5. The predicted molar refractivity (Wildman–Crippen MR) is 86.9 cm³/mol. The molecule has 1 fully saturated rings. The first-order valence-corrected chi connectivity index (χ1v) is 7.38. The van der Waals surface area contributed by atoms with E-state index in [-0.39, 0.29) is 24.2 Å². The Hall–Kier alpha value is -1.26. The average molecular weight is 313 g/mol. The maximum atomic E-state index is 12.3. The maximum absolute atomic E-state index is 12.3. The van der Waals surface area contributed by atoms with Crippen LogP contribution in [0.3, 0.4) is 0 Å². The van der Waals surface area contributed by atoms with E-state index >= 15 is 0 Å². The van der Waals surface area contributed by atoms with Gasteiger partial charge < -0.3 is 15.0 Å². The highest BCUT2D eigenvalue weighted by Gasteiger charge is 2.23. The number of rotatable bonds is 5. The highest BCUT2D eigenvalue weighted by Crippen LogP contribution is 2.16. The van der Waals surface area contributed by atoms with Gasteiger partial charge in [0.05, 0.1) is 12.5 Å². The number of nitrogens with one attached hydrogen (secondary N) is 1. The van der Waals surface area contributed by atoms with Gasteiger partial charge in [-0.15, -0.1) is 12.4 Å². The van der Waals surface area contributed by atoms with E-state index in [4.69, 9.17) is 4.74 Å². The topological polar surface area (TPSA) is 41.6 Å². The highest BCUT2D eigenvalue weighted by molar-refractivity contribution is 5.85. The van der Waals surface area contributed by atoms with Gasteiger partial charge >= 0.3 is 0 Å². The van der Waals surface area contributed by atoms with Gasteiger partial charge in [-0.3, -0.25) is 4.79 Å². The lowest BCUT2D eigenvalue weighted by molar-refractivity contribution is -0.135. The molecule has 1 aliphatic heterocycles. The molecule has 1 aliphatic rings. The third-order valence-corrected chi connectivity index (χ3v) is 3.68. The number of carbonyl (C=O) groups is 1. The van der Waals surface area contributed by atoms with Crippen LogP contribution in [0.5, 0.6) is 5.75 Å². The Bertz CT molecular complexity index is 430. The van der Waals surface area contributed by atoms with Crippen LogP contribution >= 0.6 is 12.4 Å². The van der Waals surface area contributed by atoms with E-state index < -0.39 is 0 Å². The lowest BCUT2D eigenvalue weighted by Gasteiger charge is -2.27. The van der Waals surface area contributed by atoms with Crippen LogP contribution in [-0.4, -0.2) is 37.6 Å². The molecule has 0 bridgehead atoms. The van der Waals surface area contributed by atoms with E-state index in [1.54, 1.807) is 0 Å². The monoisotopic (exact) mass is 312 g/mol. The largest absolute Gasteiger partial charge is 0.494 e. The standard InChI is InChI=1S/C16H24N2O2.ClH/c1-3-20-15-8-6-13(7-9-15)12-18(2)16(19)14-5-4-10-17-11-14;/h6-9,14,17H,3-5,10-12H2,1-2H3;1H/t14-;/m1./s1. The van der Waals surface area contributed by atoms with Gasteiger partial charge in [0.1, 0.15) is 5.75 Å². The predicted octanol–water partition coefficient (Wildman–Crippen LogP) is 2.47. The van der Waals surface area contributed by atoms with Crippen molar-refractivity contribution < 1.29 is 9.53 Å². The summed E-state index contributed by atoms with van der Waals surface area (Å²) in [6.45, 7) is 5.14. The average Bonchev–Trinajstić information content (AvgIpc) is 2.49. The third-order valence-electron chi connectivity index (χ3n) is 3.68. The molecule has 0 aromatic heterocycles. The number of halogens is 1. The van der Waals surface area contributed by atoms with Crippen molar-refractivity contribution >= 4 is 18.3 Å². The summed E-state index contributed by atoms with van der Waals surface area (Å²) >= 11 is 0. The fourth-order valence-corrected chi connectivity index (χ4v) is 2.58. The quantitative estimate of drug-likeness (QED) is 0.908. The van der Waals surface area contributed by atoms with Gasteiger partial charge in [-0.05, 0) is 44.0 Å². The molecule has 1 N–H and O–H groups in total. The molecule has 118 valence electrons. The van der Waals surface area contributed by atoms with Crippen LogP contribution in [0.1, 0.15) is 25.3 Å². The summed E-state index contributed by atoms with van der Waals surface area (Å²) in [6.07, 6.45) is 2.09. The Morgan fingerprint density at radius 2 is 2.10 bits per heavy atom. The van der Waals surface area contributed by atoms with Gasteiger partial charge in [0.15, 0.2) is 0 Å². The van der Waals surface area contributed by atoms with Crippen molar-refractivity contribution in [1.82, 2.24) is 10.2 Å². The summed E-state index contributed by atoms with van der Waals surface area (Å²) in [5.74, 6) is 1.25. The van der Waals surface area contributed by atoms with E-state index in [2.05, 4.69) is 5.32 Å². The van der Waals surface area contributed by atoms with Gasteiger partial charge in [-0.25, -0.2) is 0 Å². The van der Waals surface area contributed by atoms with Crippen LogP contribution < -0.4 is 10.1 Å². The summed E-state index contributed by atoms with van der Waals surface area (Å²) in [7, 11) is 1.88. The van der Waals surface area contributed by atoms with Crippen LogP contribution in [0.25, 0.3) is 0 Å². The molecule has 0 spiro atoms. The smallest absolute Gasteiger partial charge is 0.227 e. The van der Waals surface area contributed by atoms with E-state index in [1.165, 1.54) is 0 Å². The summed E-state index contributed by atoms with van der Waals surface area (Å²) < 4.78 is 5.42. The lowest BCUT2D eigenvalue weighted by Crippen LogP contribution is -2.41. The number of amides is 1. The van der Waals surface area contributed by atoms with Gasteiger partial charge in [-0.1, -0.05) is 12.1 Å². The molecule has 4 nitrogen and oxygen atoms in total. The second-order valence-corrected chi connectivity index (χ2v) is 5.31. The Labute approximate surface area is 133 Å². The van der Waals surface area contributed by atoms with E-state index in [0.29, 0.717) is 13.2 Å². The molecule has 0 saturated carbocycles. The third kappa shape index (κ3) is 5.21. The van der Waals surface area contributed by atoms with Gasteiger partial charge in [0.2, 0.25) is 5.91 Å². The molecule has 5 heteroatoms. The molecule has 2 rings (SSSR count). The number of nitrogens with zero attached hydrogens (tertiary/aromatic N) is 1. The molecule has 0 aliphatic carbocycles. The molecule has 1 aromatic carbocycles. The molecule has 0 radical (unpaired) electrons. The van der Waals surface area contributed by atoms with Crippen LogP contribution in [-0.2, 0) is 11.3 Å². The minimum absolute atomic E-state index is 0. The van der Waals surface area contributed by atoms with Crippen LogP contribution in [0, 0.1) is 5.92 Å². The minimum Gasteiger partial charge on any atom is -0.494 e. The number of hydrogen-bond acceptors (Lipinski definition) is 3. The molecule has 1 aromatic rings. The van der Waals surface area contributed by atoms with Crippen LogP contribution in [0.2, 0.25) is 0 Å². The van der Waals surface area contributed by atoms with Crippen LogP contribution in [0.15, 0.2) is 24.3 Å². The zero-order valence-corrected chi connectivity index (χ0v) is 13.6. The number of carbonyl (C=O) groups excluding carboxylic acids is 1. The van der Waals surface area contributed by atoms with Gasteiger partial charge in [-0.2, -0.15) is 0 Å². The van der Waals surface area contributed by atoms with Crippen LogP contribution in [0.4, 0.5) is 0 Å². The maximum Gasteiger partial charge on any atom is 0.227 e. The second kappa shape index (κ2) is 8.90. The first-order valence-electron chi connectivity index (χ1n) is 7.38. The normalized spacial score (nSPS) is 17.7. The van der Waals surface area contributed by atoms with E-state index in [1.807, 2.05) is 43.1 Å². The molecule has 0 unspecified atom stereocenters. The fraction of sp³-hybridized carbons (Fsp3) is 0.562. The van der Waals surface area contributed by atoms with Crippen molar-refractivity contribution in [2.45, 2.75) is 26.3 Å². The molecule has 21 heavy (non-hydrogen) atoms.